The topological polar surface area (TPSA) is 52.1 Å². The zero-order valence-corrected chi connectivity index (χ0v) is 13.9. The smallest absolute Gasteiger partial charge is 0.179 e. The van der Waals surface area contributed by atoms with E-state index in [1.165, 1.54) is 6.34 Å². The third kappa shape index (κ3) is 6.37. The standard InChI is InChI=1S/C16H23ClN2O3/c1-4-7-20-15-11-13(18-12-19-22-9-6-3)10-14(17)16(15)21-8-5-2/h6,10-12H,3-5,7-9H2,1-2H3,(H,18,19). The lowest BCUT2D eigenvalue weighted by molar-refractivity contribution is 0.114. The van der Waals surface area contributed by atoms with Crippen molar-refractivity contribution in [3.05, 3.63) is 29.8 Å². The normalized spacial score (nSPS) is 10.7. The lowest BCUT2D eigenvalue weighted by Crippen LogP contribution is -2.11. The molecular formula is C16H23ClN2O3. The molecule has 0 aliphatic rings. The van der Waals surface area contributed by atoms with Gasteiger partial charge in [-0.05, 0) is 18.9 Å². The van der Waals surface area contributed by atoms with Gasteiger partial charge in [0.15, 0.2) is 11.5 Å². The highest BCUT2D eigenvalue weighted by atomic mass is 35.5. The predicted molar refractivity (Wildman–Crippen MR) is 90.5 cm³/mol. The van der Waals surface area contributed by atoms with Gasteiger partial charge in [0.05, 0.1) is 30.5 Å². The molecule has 1 rings (SSSR count). The van der Waals surface area contributed by atoms with E-state index in [2.05, 4.69) is 17.1 Å². The first-order valence-corrected chi connectivity index (χ1v) is 7.70. The first-order valence-electron chi connectivity index (χ1n) is 7.32. The molecule has 0 aliphatic heterocycles. The number of benzene rings is 1. The van der Waals surface area contributed by atoms with Crippen molar-refractivity contribution in [2.75, 3.05) is 19.8 Å². The largest absolute Gasteiger partial charge is 0.490 e. The van der Waals surface area contributed by atoms with E-state index in [0.29, 0.717) is 42.0 Å². The number of nitrogens with zero attached hydrogens (tertiary/aromatic N) is 1. The third-order valence-electron chi connectivity index (χ3n) is 2.46. The Kier molecular flexibility index (Phi) is 9.11. The monoisotopic (exact) mass is 326 g/mol. The van der Waals surface area contributed by atoms with Crippen molar-refractivity contribution in [1.29, 1.82) is 0 Å². The van der Waals surface area contributed by atoms with Gasteiger partial charge in [-0.25, -0.2) is 4.99 Å². The maximum Gasteiger partial charge on any atom is 0.179 e. The number of hydrogen-bond donors (Lipinski definition) is 1. The zero-order valence-electron chi connectivity index (χ0n) is 13.1. The summed E-state index contributed by atoms with van der Waals surface area (Å²) in [6, 6.07) is 3.51. The fraction of sp³-hybridized carbons (Fsp3) is 0.438. The maximum atomic E-state index is 6.27. The Balaban J connectivity index is 2.85. The second-order valence-corrected chi connectivity index (χ2v) is 4.83. The highest BCUT2D eigenvalue weighted by molar-refractivity contribution is 6.32. The lowest BCUT2D eigenvalue weighted by Gasteiger charge is -2.14. The van der Waals surface area contributed by atoms with Crippen molar-refractivity contribution >= 4 is 23.6 Å². The molecule has 0 aromatic heterocycles. The van der Waals surface area contributed by atoms with Gasteiger partial charge in [-0.3, -0.25) is 10.3 Å². The van der Waals surface area contributed by atoms with Gasteiger partial charge in [0.25, 0.3) is 0 Å². The Morgan fingerprint density at radius 1 is 1.23 bits per heavy atom. The van der Waals surface area contributed by atoms with E-state index in [9.17, 15) is 0 Å². The molecule has 122 valence electrons. The molecule has 0 bridgehead atoms. The van der Waals surface area contributed by atoms with Crippen molar-refractivity contribution < 1.29 is 14.3 Å². The highest BCUT2D eigenvalue weighted by Crippen LogP contribution is 2.39. The first-order chi connectivity index (χ1) is 10.7. The van der Waals surface area contributed by atoms with Gasteiger partial charge in [0.2, 0.25) is 0 Å². The predicted octanol–water partition coefficient (Wildman–Crippen LogP) is 4.28. The van der Waals surface area contributed by atoms with E-state index in [1.54, 1.807) is 18.2 Å². The fourth-order valence-corrected chi connectivity index (χ4v) is 1.80. The Morgan fingerprint density at radius 2 is 1.95 bits per heavy atom. The molecule has 0 saturated heterocycles. The summed E-state index contributed by atoms with van der Waals surface area (Å²) in [6.07, 6.45) is 4.86. The molecule has 22 heavy (non-hydrogen) atoms. The van der Waals surface area contributed by atoms with Crippen LogP contribution >= 0.6 is 11.6 Å². The summed E-state index contributed by atoms with van der Waals surface area (Å²) in [5.74, 6) is 1.16. The molecule has 1 aromatic rings. The number of hydrogen-bond acceptors (Lipinski definition) is 4. The van der Waals surface area contributed by atoms with E-state index in [1.807, 2.05) is 13.8 Å². The minimum absolute atomic E-state index is 0.390. The van der Waals surface area contributed by atoms with Crippen molar-refractivity contribution in [2.45, 2.75) is 26.7 Å². The van der Waals surface area contributed by atoms with Crippen LogP contribution in [0.25, 0.3) is 0 Å². The molecule has 6 heteroatoms. The van der Waals surface area contributed by atoms with Crippen molar-refractivity contribution in [3.63, 3.8) is 0 Å². The van der Waals surface area contributed by atoms with Crippen LogP contribution in [0.15, 0.2) is 29.8 Å². The van der Waals surface area contributed by atoms with Crippen LogP contribution < -0.4 is 15.0 Å². The minimum Gasteiger partial charge on any atom is -0.490 e. The molecule has 0 amide bonds. The number of ether oxygens (including phenoxy) is 2. The van der Waals surface area contributed by atoms with Gasteiger partial charge in [-0.2, -0.15) is 0 Å². The molecule has 0 spiro atoms. The van der Waals surface area contributed by atoms with Crippen LogP contribution in [0.5, 0.6) is 11.5 Å². The summed E-state index contributed by atoms with van der Waals surface area (Å²) in [7, 11) is 0. The molecule has 0 heterocycles. The summed E-state index contributed by atoms with van der Waals surface area (Å²) in [4.78, 5) is 9.21. The molecule has 5 nitrogen and oxygen atoms in total. The van der Waals surface area contributed by atoms with E-state index < -0.39 is 0 Å². The van der Waals surface area contributed by atoms with E-state index in [0.717, 1.165) is 12.8 Å². The van der Waals surface area contributed by atoms with Crippen molar-refractivity contribution in [3.8, 4) is 11.5 Å². The Bertz CT molecular complexity index is 493. The van der Waals surface area contributed by atoms with Crippen LogP contribution in [-0.4, -0.2) is 26.2 Å². The van der Waals surface area contributed by atoms with Crippen molar-refractivity contribution in [1.82, 2.24) is 5.48 Å². The SMILES string of the molecule is C=CCONC=Nc1cc(Cl)c(OCCC)c(OCCC)c1. The molecule has 0 saturated carbocycles. The number of halogens is 1. The second-order valence-electron chi connectivity index (χ2n) is 4.43. The summed E-state index contributed by atoms with van der Waals surface area (Å²) >= 11 is 6.27. The molecule has 1 aromatic carbocycles. The van der Waals surface area contributed by atoms with Gasteiger partial charge in [-0.15, -0.1) is 6.58 Å². The molecule has 0 unspecified atom stereocenters. The average molecular weight is 327 g/mol. The van der Waals surface area contributed by atoms with Gasteiger partial charge in [0, 0.05) is 6.07 Å². The van der Waals surface area contributed by atoms with Crippen LogP contribution in [0.3, 0.4) is 0 Å². The number of hydroxylamine groups is 1. The molecule has 0 fully saturated rings. The molecule has 1 N–H and O–H groups in total. The van der Waals surface area contributed by atoms with Crippen LogP contribution in [0.1, 0.15) is 26.7 Å². The minimum atomic E-state index is 0.390. The number of nitrogens with one attached hydrogen (secondary N) is 1. The van der Waals surface area contributed by atoms with E-state index >= 15 is 0 Å². The zero-order chi connectivity index (χ0) is 16.2. The second kappa shape index (κ2) is 10.9. The summed E-state index contributed by atoms with van der Waals surface area (Å²) in [6.45, 7) is 9.18. The Morgan fingerprint density at radius 3 is 2.64 bits per heavy atom. The van der Waals surface area contributed by atoms with Crippen LogP contribution in [-0.2, 0) is 4.84 Å². The van der Waals surface area contributed by atoms with Gasteiger partial charge < -0.3 is 9.47 Å². The first kappa shape index (κ1) is 18.3. The summed E-state index contributed by atoms with van der Waals surface area (Å²) in [5, 5.41) is 0.473. The number of aliphatic imine (C=N–C) groups is 1. The Hall–Kier alpha value is -1.72. The van der Waals surface area contributed by atoms with Gasteiger partial charge in [0.1, 0.15) is 6.34 Å². The van der Waals surface area contributed by atoms with E-state index in [-0.39, 0.29) is 0 Å². The third-order valence-corrected chi connectivity index (χ3v) is 2.74. The highest BCUT2D eigenvalue weighted by Gasteiger charge is 2.12. The molecular weight excluding hydrogens is 304 g/mol. The van der Waals surface area contributed by atoms with Crippen LogP contribution in [0.2, 0.25) is 5.02 Å². The maximum absolute atomic E-state index is 6.27. The Labute approximate surface area is 136 Å². The molecule has 0 radical (unpaired) electrons. The quantitative estimate of drug-likeness (QED) is 0.217. The lowest BCUT2D eigenvalue weighted by atomic mass is 10.2. The molecule has 0 atom stereocenters. The van der Waals surface area contributed by atoms with Crippen LogP contribution in [0, 0.1) is 0 Å². The van der Waals surface area contributed by atoms with Crippen LogP contribution in [0.4, 0.5) is 5.69 Å². The van der Waals surface area contributed by atoms with Crippen molar-refractivity contribution in [2.24, 2.45) is 4.99 Å². The van der Waals surface area contributed by atoms with Gasteiger partial charge >= 0.3 is 0 Å². The van der Waals surface area contributed by atoms with E-state index in [4.69, 9.17) is 25.9 Å². The summed E-state index contributed by atoms with van der Waals surface area (Å²) in [5.41, 5.74) is 3.24. The fourth-order valence-electron chi connectivity index (χ4n) is 1.54. The number of rotatable bonds is 11. The summed E-state index contributed by atoms with van der Waals surface area (Å²) < 4.78 is 11.4. The molecule has 0 aliphatic carbocycles. The average Bonchev–Trinajstić information content (AvgIpc) is 2.51. The van der Waals surface area contributed by atoms with Gasteiger partial charge in [-0.1, -0.05) is 31.5 Å².